The molecule has 1 aromatic carbocycles. The van der Waals surface area contributed by atoms with Crippen LogP contribution < -0.4 is 0 Å². The maximum Gasteiger partial charge on any atom is 0.273 e. The molecule has 0 N–H and O–H groups in total. The molecule has 3 heterocycles. The number of carbonyl (C=O) groups excluding carboxylic acids is 1. The van der Waals surface area contributed by atoms with Crippen LogP contribution in [0.3, 0.4) is 0 Å². The van der Waals surface area contributed by atoms with E-state index in [0.717, 1.165) is 12.8 Å². The van der Waals surface area contributed by atoms with E-state index in [2.05, 4.69) is 4.98 Å². The maximum absolute atomic E-state index is 13.9. The van der Waals surface area contributed by atoms with Crippen molar-refractivity contribution in [3.05, 3.63) is 41.2 Å². The van der Waals surface area contributed by atoms with E-state index in [4.69, 9.17) is 9.47 Å². The van der Waals surface area contributed by atoms with Crippen molar-refractivity contribution in [2.24, 2.45) is 5.92 Å². The second-order valence-corrected chi connectivity index (χ2v) is 7.14. The number of piperidine rings is 1. The summed E-state index contributed by atoms with van der Waals surface area (Å²) in [5, 5.41) is 2.23. The van der Waals surface area contributed by atoms with Gasteiger partial charge in [0.25, 0.3) is 5.91 Å². The Morgan fingerprint density at radius 1 is 1.28 bits per heavy atom. The molecule has 2 aliphatic heterocycles. The van der Waals surface area contributed by atoms with Gasteiger partial charge in [-0.05, 0) is 25.0 Å². The Hall–Kier alpha value is -1.83. The Labute approximate surface area is 149 Å². The first kappa shape index (κ1) is 16.6. The van der Waals surface area contributed by atoms with Gasteiger partial charge in [0.2, 0.25) is 0 Å². The molecule has 2 aromatic rings. The highest BCUT2D eigenvalue weighted by molar-refractivity contribution is 7.13. The van der Waals surface area contributed by atoms with Crippen molar-refractivity contribution in [2.75, 3.05) is 26.3 Å². The molecule has 1 atom stereocenters. The molecule has 7 heteroatoms. The average molecular weight is 362 g/mol. The van der Waals surface area contributed by atoms with Gasteiger partial charge >= 0.3 is 0 Å². The number of hydrogen-bond donors (Lipinski definition) is 0. The summed E-state index contributed by atoms with van der Waals surface area (Å²) in [4.78, 5) is 19.0. The van der Waals surface area contributed by atoms with E-state index in [-0.39, 0.29) is 23.9 Å². The molecule has 1 amide bonds. The summed E-state index contributed by atoms with van der Waals surface area (Å²) in [6, 6.07) is 6.47. The summed E-state index contributed by atoms with van der Waals surface area (Å²) in [6.45, 7) is 2.55. The van der Waals surface area contributed by atoms with E-state index < -0.39 is 0 Å². The summed E-state index contributed by atoms with van der Waals surface area (Å²) >= 11 is 1.29. The number of amides is 1. The molecule has 25 heavy (non-hydrogen) atoms. The average Bonchev–Trinajstić information content (AvgIpc) is 3.34. The molecule has 2 aliphatic rings. The van der Waals surface area contributed by atoms with Crippen molar-refractivity contribution in [3.8, 4) is 10.6 Å². The summed E-state index contributed by atoms with van der Waals surface area (Å²) in [5.41, 5.74) is 0.799. The van der Waals surface area contributed by atoms with Gasteiger partial charge in [-0.2, -0.15) is 0 Å². The number of aromatic nitrogens is 1. The molecule has 0 radical (unpaired) electrons. The number of ether oxygens (including phenoxy) is 2. The van der Waals surface area contributed by atoms with Crippen molar-refractivity contribution >= 4 is 17.2 Å². The Kier molecular flexibility index (Phi) is 4.78. The maximum atomic E-state index is 13.9. The van der Waals surface area contributed by atoms with Crippen molar-refractivity contribution in [3.63, 3.8) is 0 Å². The quantitative estimate of drug-likeness (QED) is 0.842. The predicted octanol–water partition coefficient (Wildman–Crippen LogP) is 3.17. The van der Waals surface area contributed by atoms with Crippen molar-refractivity contribution in [1.29, 1.82) is 0 Å². The number of nitrogens with zero attached hydrogens (tertiary/aromatic N) is 2. The second-order valence-electron chi connectivity index (χ2n) is 6.28. The molecule has 2 fully saturated rings. The fraction of sp³-hybridized carbons (Fsp3) is 0.444. The zero-order valence-corrected chi connectivity index (χ0v) is 14.5. The molecule has 2 saturated heterocycles. The first-order chi connectivity index (χ1) is 12.2. The number of hydrogen-bond acceptors (Lipinski definition) is 5. The fourth-order valence-electron chi connectivity index (χ4n) is 3.36. The van der Waals surface area contributed by atoms with Crippen LogP contribution in [-0.2, 0) is 9.47 Å². The number of rotatable bonds is 3. The molecule has 0 spiro atoms. The number of thiazole rings is 1. The molecule has 132 valence electrons. The highest BCUT2D eigenvalue weighted by Gasteiger charge is 2.33. The van der Waals surface area contributed by atoms with Crippen LogP contribution in [-0.4, -0.2) is 48.4 Å². The number of halogens is 1. The van der Waals surface area contributed by atoms with Crippen LogP contribution in [0.1, 0.15) is 23.3 Å². The SMILES string of the molecule is O=C(c1csc(-c2ccccc2F)n1)N1CCCC(C2OCCO2)C1. The number of likely N-dealkylation sites (tertiary alicyclic amines) is 1. The first-order valence-electron chi connectivity index (χ1n) is 8.45. The van der Waals surface area contributed by atoms with Gasteiger partial charge < -0.3 is 14.4 Å². The van der Waals surface area contributed by atoms with Gasteiger partial charge in [-0.1, -0.05) is 12.1 Å². The molecule has 0 bridgehead atoms. The highest BCUT2D eigenvalue weighted by atomic mass is 32.1. The zero-order valence-electron chi connectivity index (χ0n) is 13.7. The third kappa shape index (κ3) is 3.44. The van der Waals surface area contributed by atoms with Crippen LogP contribution in [0.2, 0.25) is 0 Å². The van der Waals surface area contributed by atoms with E-state index in [1.165, 1.54) is 17.4 Å². The minimum absolute atomic E-state index is 0.110. The summed E-state index contributed by atoms with van der Waals surface area (Å²) in [7, 11) is 0. The summed E-state index contributed by atoms with van der Waals surface area (Å²) < 4.78 is 25.1. The van der Waals surface area contributed by atoms with Gasteiger partial charge in [0, 0.05) is 30.0 Å². The highest BCUT2D eigenvalue weighted by Crippen LogP contribution is 2.29. The number of carbonyl (C=O) groups is 1. The van der Waals surface area contributed by atoms with Crippen LogP contribution in [0.4, 0.5) is 4.39 Å². The Balaban J connectivity index is 1.48. The summed E-state index contributed by atoms with van der Waals surface area (Å²) in [5.74, 6) is -0.240. The van der Waals surface area contributed by atoms with Crippen molar-refractivity contribution in [2.45, 2.75) is 19.1 Å². The fourth-order valence-corrected chi connectivity index (χ4v) is 4.18. The lowest BCUT2D eigenvalue weighted by Gasteiger charge is -2.34. The smallest absolute Gasteiger partial charge is 0.273 e. The zero-order chi connectivity index (χ0) is 17.2. The Morgan fingerprint density at radius 3 is 2.88 bits per heavy atom. The van der Waals surface area contributed by atoms with Crippen LogP contribution in [0.15, 0.2) is 29.6 Å². The molecular formula is C18H19FN2O3S. The van der Waals surface area contributed by atoms with Gasteiger partial charge in [0.05, 0.1) is 13.2 Å². The first-order valence-corrected chi connectivity index (χ1v) is 9.33. The van der Waals surface area contributed by atoms with Gasteiger partial charge in [-0.25, -0.2) is 9.37 Å². The summed E-state index contributed by atoms with van der Waals surface area (Å²) in [6.07, 6.45) is 1.70. The Bertz CT molecular complexity index is 760. The van der Waals surface area contributed by atoms with Crippen molar-refractivity contribution < 1.29 is 18.7 Å². The molecule has 0 saturated carbocycles. The standard InChI is InChI=1S/C18H19FN2O3S/c19-14-6-2-1-5-13(14)16-20-15(11-25-16)17(22)21-7-3-4-12(10-21)18-23-8-9-24-18/h1-2,5-6,11-12,18H,3-4,7-10H2. The molecule has 0 aliphatic carbocycles. The van der Waals surface area contributed by atoms with Gasteiger partial charge in [-0.3, -0.25) is 4.79 Å². The monoisotopic (exact) mass is 362 g/mol. The lowest BCUT2D eigenvalue weighted by molar-refractivity contribution is -0.0969. The van der Waals surface area contributed by atoms with Crippen LogP contribution in [0, 0.1) is 11.7 Å². The lowest BCUT2D eigenvalue weighted by Crippen LogP contribution is -2.43. The van der Waals surface area contributed by atoms with Crippen LogP contribution in [0.25, 0.3) is 10.6 Å². The lowest BCUT2D eigenvalue weighted by atomic mass is 9.97. The topological polar surface area (TPSA) is 51.7 Å². The second kappa shape index (κ2) is 7.19. The van der Waals surface area contributed by atoms with Crippen LogP contribution in [0.5, 0.6) is 0 Å². The van der Waals surface area contributed by atoms with Crippen LogP contribution >= 0.6 is 11.3 Å². The van der Waals surface area contributed by atoms with E-state index >= 15 is 0 Å². The van der Waals surface area contributed by atoms with E-state index in [9.17, 15) is 9.18 Å². The van der Waals surface area contributed by atoms with Gasteiger partial charge in [0.15, 0.2) is 6.29 Å². The van der Waals surface area contributed by atoms with E-state index in [0.29, 0.717) is 42.6 Å². The largest absolute Gasteiger partial charge is 0.350 e. The molecule has 4 rings (SSSR count). The normalized spacial score (nSPS) is 21.6. The predicted molar refractivity (Wildman–Crippen MR) is 91.8 cm³/mol. The third-order valence-corrected chi connectivity index (χ3v) is 5.48. The van der Waals surface area contributed by atoms with Gasteiger partial charge in [-0.15, -0.1) is 11.3 Å². The van der Waals surface area contributed by atoms with E-state index in [1.54, 1.807) is 28.5 Å². The molecule has 5 nitrogen and oxygen atoms in total. The third-order valence-electron chi connectivity index (χ3n) is 4.61. The molecule has 1 aromatic heterocycles. The Morgan fingerprint density at radius 2 is 2.08 bits per heavy atom. The van der Waals surface area contributed by atoms with Crippen molar-refractivity contribution in [1.82, 2.24) is 9.88 Å². The molecular weight excluding hydrogens is 343 g/mol. The van der Waals surface area contributed by atoms with E-state index in [1.807, 2.05) is 0 Å². The minimum Gasteiger partial charge on any atom is -0.350 e. The minimum atomic E-state index is -0.329. The van der Waals surface area contributed by atoms with Gasteiger partial charge in [0.1, 0.15) is 16.5 Å². The molecule has 1 unspecified atom stereocenters. The number of benzene rings is 1.